The summed E-state index contributed by atoms with van der Waals surface area (Å²) in [6, 6.07) is 18.5. The first-order valence-electron chi connectivity index (χ1n) is 13.0. The van der Waals surface area contributed by atoms with Gasteiger partial charge in [-0.1, -0.05) is 86.4 Å². The number of hydrogen-bond donors (Lipinski definition) is 1. The Balaban J connectivity index is 1.71. The van der Waals surface area contributed by atoms with Gasteiger partial charge < -0.3 is 10.2 Å². The molecule has 39 heavy (non-hydrogen) atoms. The fraction of sp³-hybridized carbons (Fsp3) is 0.281. The molecule has 3 aliphatic rings. The van der Waals surface area contributed by atoms with Crippen molar-refractivity contribution < 1.29 is 14.4 Å². The number of allylic oxidation sites excluding steroid dienone is 1. The summed E-state index contributed by atoms with van der Waals surface area (Å²) in [5, 5.41) is 3.63. The Labute approximate surface area is 237 Å². The minimum absolute atomic E-state index is 0.118. The van der Waals surface area contributed by atoms with E-state index in [9.17, 15) is 14.4 Å². The topological polar surface area (TPSA) is 66.5 Å². The zero-order valence-corrected chi connectivity index (χ0v) is 23.6. The summed E-state index contributed by atoms with van der Waals surface area (Å²) in [5.41, 5.74) is 2.24. The minimum Gasteiger partial charge on any atom is -0.352 e. The van der Waals surface area contributed by atoms with E-state index in [1.807, 2.05) is 87.2 Å². The summed E-state index contributed by atoms with van der Waals surface area (Å²) in [6.07, 6.45) is 2.05. The predicted octanol–water partition coefficient (Wildman–Crippen LogP) is 6.97. The molecular weight excluding hydrogens is 531 g/mol. The van der Waals surface area contributed by atoms with Crippen LogP contribution in [0.4, 0.5) is 11.4 Å². The predicted molar refractivity (Wildman–Crippen MR) is 156 cm³/mol. The summed E-state index contributed by atoms with van der Waals surface area (Å²) < 4.78 is 0. The molecule has 7 heteroatoms. The lowest BCUT2D eigenvalue weighted by molar-refractivity contribution is -0.128. The molecule has 0 bridgehead atoms. The number of hydrogen-bond acceptors (Lipinski definition) is 4. The van der Waals surface area contributed by atoms with Crippen LogP contribution < -0.4 is 10.2 Å². The fourth-order valence-electron chi connectivity index (χ4n) is 6.69. The van der Waals surface area contributed by atoms with Gasteiger partial charge in [0, 0.05) is 32.9 Å². The number of amides is 1. The molecule has 0 aromatic heterocycles. The molecule has 0 unspecified atom stereocenters. The lowest BCUT2D eigenvalue weighted by Crippen LogP contribution is -2.51. The van der Waals surface area contributed by atoms with Crippen molar-refractivity contribution in [1.82, 2.24) is 0 Å². The van der Waals surface area contributed by atoms with Crippen LogP contribution in [-0.4, -0.2) is 29.6 Å². The van der Waals surface area contributed by atoms with E-state index in [-0.39, 0.29) is 28.1 Å². The highest BCUT2D eigenvalue weighted by atomic mass is 35.5. The summed E-state index contributed by atoms with van der Waals surface area (Å²) in [5.74, 6) is -1.82. The van der Waals surface area contributed by atoms with E-state index in [2.05, 4.69) is 5.32 Å². The second kappa shape index (κ2) is 8.80. The van der Waals surface area contributed by atoms with Crippen molar-refractivity contribution >= 4 is 57.6 Å². The maximum absolute atomic E-state index is 14.8. The molecule has 1 N–H and O–H groups in total. The molecule has 3 heterocycles. The van der Waals surface area contributed by atoms with Crippen LogP contribution >= 0.6 is 23.2 Å². The number of halogens is 2. The van der Waals surface area contributed by atoms with Crippen LogP contribution in [0.1, 0.15) is 49.2 Å². The van der Waals surface area contributed by atoms with Gasteiger partial charge in [-0.3, -0.25) is 14.4 Å². The highest BCUT2D eigenvalue weighted by Gasteiger charge is 2.71. The van der Waals surface area contributed by atoms with E-state index < -0.39 is 28.8 Å². The molecule has 4 atom stereocenters. The van der Waals surface area contributed by atoms with Crippen molar-refractivity contribution in [2.75, 3.05) is 10.2 Å². The van der Waals surface area contributed by atoms with Crippen molar-refractivity contribution in [3.05, 3.63) is 99.5 Å². The lowest BCUT2D eigenvalue weighted by Gasteiger charge is -2.39. The van der Waals surface area contributed by atoms with Crippen molar-refractivity contribution in [1.29, 1.82) is 0 Å². The van der Waals surface area contributed by atoms with Gasteiger partial charge in [-0.25, -0.2) is 0 Å². The Kier molecular flexibility index (Phi) is 5.83. The second-order valence-electron chi connectivity index (χ2n) is 11.6. The van der Waals surface area contributed by atoms with E-state index >= 15 is 0 Å². The quantitative estimate of drug-likeness (QED) is 0.352. The number of Topliss-reactive ketones (excluding diaryl/α,β-unsaturated/α-hetero) is 2. The molecule has 3 aliphatic heterocycles. The highest BCUT2D eigenvalue weighted by Crippen LogP contribution is 2.59. The molecule has 3 aromatic carbocycles. The number of ketones is 2. The molecule has 1 amide bonds. The van der Waals surface area contributed by atoms with Gasteiger partial charge >= 0.3 is 0 Å². The van der Waals surface area contributed by atoms with Crippen LogP contribution in [-0.2, 0) is 15.0 Å². The van der Waals surface area contributed by atoms with Crippen LogP contribution in [0.25, 0.3) is 5.57 Å². The number of nitrogens with zero attached hydrogens (tertiary/aromatic N) is 1. The number of para-hydroxylation sites is 2. The Hall–Kier alpha value is -3.41. The normalized spacial score (nSPS) is 25.1. The molecule has 0 aliphatic carbocycles. The molecule has 1 spiro atoms. The molecule has 0 radical (unpaired) electrons. The molecular formula is C32H28Cl2N2O3. The Morgan fingerprint density at radius 2 is 1.67 bits per heavy atom. The van der Waals surface area contributed by atoms with Gasteiger partial charge in [0.1, 0.15) is 11.5 Å². The van der Waals surface area contributed by atoms with Crippen LogP contribution in [0, 0.1) is 11.3 Å². The standard InChI is InChI=1S/C32H28Cl2N2O3/c1-17-15-25-32(21-10-6-7-11-23(21)35-30(32)39)26(28(37)20-14-13-18(33)16-22(20)34)27(29(38)31(2,3)4)36(25)24-12-8-5-9-19(17)24/h5-16,25-27H,1-4H3,(H,35,39)/t25-,26-,27+,32+/m0/s1. The smallest absolute Gasteiger partial charge is 0.238 e. The first-order valence-corrected chi connectivity index (χ1v) is 13.7. The molecule has 6 rings (SSSR count). The summed E-state index contributed by atoms with van der Waals surface area (Å²) in [7, 11) is 0. The SMILES string of the molecule is CC1=C[C@@H]2N(c3ccccc31)[C@@H](C(=O)C(C)(C)C)[C@@H](C(=O)c1ccc(Cl)cc1Cl)[C@]21C(=O)Nc2ccccc21. The molecule has 1 saturated heterocycles. The summed E-state index contributed by atoms with van der Waals surface area (Å²) in [4.78, 5) is 45.6. The van der Waals surface area contributed by atoms with Crippen LogP contribution in [0.5, 0.6) is 0 Å². The minimum atomic E-state index is -1.36. The maximum Gasteiger partial charge on any atom is 0.238 e. The summed E-state index contributed by atoms with van der Waals surface area (Å²) in [6.45, 7) is 7.57. The average molecular weight is 559 g/mol. The summed E-state index contributed by atoms with van der Waals surface area (Å²) >= 11 is 12.8. The third-order valence-corrected chi connectivity index (χ3v) is 8.92. The van der Waals surface area contributed by atoms with Gasteiger partial charge in [0.15, 0.2) is 11.6 Å². The van der Waals surface area contributed by atoms with Gasteiger partial charge in [-0.15, -0.1) is 0 Å². The number of nitrogens with one attached hydrogen (secondary N) is 1. The molecule has 1 fully saturated rings. The third kappa shape index (κ3) is 3.56. The van der Waals surface area contributed by atoms with Crippen LogP contribution in [0.2, 0.25) is 10.0 Å². The van der Waals surface area contributed by atoms with Crippen molar-refractivity contribution in [3.63, 3.8) is 0 Å². The van der Waals surface area contributed by atoms with E-state index in [1.165, 1.54) is 6.07 Å². The third-order valence-electron chi connectivity index (χ3n) is 8.37. The van der Waals surface area contributed by atoms with Crippen LogP contribution in [0.3, 0.4) is 0 Å². The highest BCUT2D eigenvalue weighted by molar-refractivity contribution is 6.37. The Bertz CT molecular complexity index is 1600. The van der Waals surface area contributed by atoms with Crippen molar-refractivity contribution in [3.8, 4) is 0 Å². The molecule has 0 saturated carbocycles. The average Bonchev–Trinajstić information content (AvgIpc) is 3.35. The van der Waals surface area contributed by atoms with E-state index in [4.69, 9.17) is 23.2 Å². The fourth-order valence-corrected chi connectivity index (χ4v) is 7.19. The van der Waals surface area contributed by atoms with Gasteiger partial charge in [0.25, 0.3) is 0 Å². The van der Waals surface area contributed by atoms with E-state index in [1.54, 1.807) is 12.1 Å². The van der Waals surface area contributed by atoms with Gasteiger partial charge in [-0.05, 0) is 48.4 Å². The first kappa shape index (κ1) is 25.8. The second-order valence-corrected chi connectivity index (χ2v) is 12.5. The van der Waals surface area contributed by atoms with E-state index in [0.29, 0.717) is 16.3 Å². The lowest BCUT2D eigenvalue weighted by atomic mass is 9.63. The molecule has 5 nitrogen and oxygen atoms in total. The van der Waals surface area contributed by atoms with Crippen molar-refractivity contribution in [2.24, 2.45) is 11.3 Å². The van der Waals surface area contributed by atoms with Gasteiger partial charge in [0.05, 0.1) is 17.0 Å². The first-order chi connectivity index (χ1) is 18.5. The zero-order chi connectivity index (χ0) is 27.9. The number of carbonyl (C=O) groups is 3. The maximum atomic E-state index is 14.8. The number of benzene rings is 3. The number of rotatable bonds is 3. The van der Waals surface area contributed by atoms with Crippen molar-refractivity contribution in [2.45, 2.75) is 45.2 Å². The number of anilines is 2. The molecule has 198 valence electrons. The van der Waals surface area contributed by atoms with E-state index in [0.717, 1.165) is 16.8 Å². The van der Waals surface area contributed by atoms with Gasteiger partial charge in [-0.2, -0.15) is 0 Å². The monoisotopic (exact) mass is 558 g/mol. The molecule has 3 aromatic rings. The van der Waals surface area contributed by atoms with Gasteiger partial charge in [0.2, 0.25) is 5.91 Å². The Morgan fingerprint density at radius 3 is 2.38 bits per heavy atom. The zero-order valence-electron chi connectivity index (χ0n) is 22.1. The Morgan fingerprint density at radius 1 is 0.974 bits per heavy atom. The number of carbonyl (C=O) groups excluding carboxylic acids is 3. The van der Waals surface area contributed by atoms with Crippen LogP contribution in [0.15, 0.2) is 72.8 Å². The largest absolute Gasteiger partial charge is 0.352 e. The number of fused-ring (bicyclic) bond motifs is 6.